The van der Waals surface area contributed by atoms with Gasteiger partial charge < -0.3 is 14.8 Å². The molecule has 0 spiro atoms. The summed E-state index contributed by atoms with van der Waals surface area (Å²) in [5.74, 6) is -1.41. The molecule has 0 unspecified atom stereocenters. The van der Waals surface area contributed by atoms with Gasteiger partial charge in [0.1, 0.15) is 6.04 Å². The molecule has 24 heavy (non-hydrogen) atoms. The van der Waals surface area contributed by atoms with Gasteiger partial charge in [0.15, 0.2) is 6.61 Å². The quantitative estimate of drug-likeness (QED) is 0.722. The molecule has 0 saturated heterocycles. The Labute approximate surface area is 146 Å². The maximum absolute atomic E-state index is 11.8. The third-order valence-electron chi connectivity index (χ3n) is 3.15. The Kier molecular flexibility index (Phi) is 8.26. The summed E-state index contributed by atoms with van der Waals surface area (Å²) in [6, 6.07) is 6.00. The third kappa shape index (κ3) is 7.46. The summed E-state index contributed by atoms with van der Waals surface area (Å²) in [6.45, 7) is 3.40. The standard InChI is InChI=1S/C17H22ClNO5/c1-11(2)8-14(17(22)23-3)19-15(20)10-24-16(21)9-12-4-6-13(18)7-5-12/h4-7,11,14H,8-10H2,1-3H3,(H,19,20)/t14-/m1/s1. The van der Waals surface area contributed by atoms with Crippen LogP contribution in [0.15, 0.2) is 24.3 Å². The van der Waals surface area contributed by atoms with E-state index >= 15 is 0 Å². The van der Waals surface area contributed by atoms with Crippen molar-refractivity contribution in [2.45, 2.75) is 32.7 Å². The van der Waals surface area contributed by atoms with Crippen LogP contribution >= 0.6 is 11.6 Å². The van der Waals surface area contributed by atoms with Crippen LogP contribution in [-0.2, 0) is 30.3 Å². The predicted molar refractivity (Wildman–Crippen MR) is 89.5 cm³/mol. The second-order valence-corrected chi connectivity index (χ2v) is 6.17. The van der Waals surface area contributed by atoms with Gasteiger partial charge in [0, 0.05) is 5.02 Å². The molecule has 0 bridgehead atoms. The number of nitrogens with one attached hydrogen (secondary N) is 1. The van der Waals surface area contributed by atoms with Crippen molar-refractivity contribution in [2.75, 3.05) is 13.7 Å². The fraction of sp³-hybridized carbons (Fsp3) is 0.471. The number of esters is 2. The molecule has 0 fully saturated rings. The molecular formula is C17H22ClNO5. The second kappa shape index (κ2) is 9.93. The number of hydrogen-bond donors (Lipinski definition) is 1. The van der Waals surface area contributed by atoms with Crippen LogP contribution in [0.4, 0.5) is 0 Å². The van der Waals surface area contributed by atoms with Crippen molar-refractivity contribution in [3.8, 4) is 0 Å². The van der Waals surface area contributed by atoms with Gasteiger partial charge in [-0.2, -0.15) is 0 Å². The lowest BCUT2D eigenvalue weighted by molar-refractivity contribution is -0.150. The number of halogens is 1. The first-order valence-electron chi connectivity index (χ1n) is 7.59. The molecule has 1 aromatic rings. The fourth-order valence-electron chi connectivity index (χ4n) is 2.03. The number of rotatable bonds is 8. The van der Waals surface area contributed by atoms with Gasteiger partial charge in [0.25, 0.3) is 5.91 Å². The summed E-state index contributed by atoms with van der Waals surface area (Å²) in [5, 5.41) is 3.09. The van der Waals surface area contributed by atoms with Crippen molar-refractivity contribution < 1.29 is 23.9 Å². The normalized spacial score (nSPS) is 11.7. The molecule has 1 aromatic carbocycles. The zero-order valence-corrected chi connectivity index (χ0v) is 14.8. The van der Waals surface area contributed by atoms with Crippen molar-refractivity contribution in [3.63, 3.8) is 0 Å². The Hall–Kier alpha value is -2.08. The molecule has 7 heteroatoms. The van der Waals surface area contributed by atoms with Gasteiger partial charge in [-0.1, -0.05) is 37.6 Å². The first kappa shape index (κ1) is 20.0. The Morgan fingerprint density at radius 3 is 2.33 bits per heavy atom. The zero-order valence-electron chi connectivity index (χ0n) is 14.0. The molecule has 132 valence electrons. The van der Waals surface area contributed by atoms with Gasteiger partial charge in [-0.05, 0) is 30.0 Å². The van der Waals surface area contributed by atoms with E-state index in [0.29, 0.717) is 11.4 Å². The number of benzene rings is 1. The molecule has 0 heterocycles. The zero-order chi connectivity index (χ0) is 18.1. The van der Waals surface area contributed by atoms with E-state index in [9.17, 15) is 14.4 Å². The van der Waals surface area contributed by atoms with Crippen molar-refractivity contribution in [2.24, 2.45) is 5.92 Å². The molecule has 6 nitrogen and oxygen atoms in total. The first-order chi connectivity index (χ1) is 11.3. The average molecular weight is 356 g/mol. The van der Waals surface area contributed by atoms with Gasteiger partial charge in [-0.25, -0.2) is 4.79 Å². The highest BCUT2D eigenvalue weighted by Gasteiger charge is 2.23. The molecule has 1 atom stereocenters. The Morgan fingerprint density at radius 1 is 1.17 bits per heavy atom. The van der Waals surface area contributed by atoms with Gasteiger partial charge in [0.05, 0.1) is 13.5 Å². The number of methoxy groups -OCH3 is 1. The summed E-state index contributed by atoms with van der Waals surface area (Å²) in [6.07, 6.45) is 0.480. The van der Waals surface area contributed by atoms with E-state index in [-0.39, 0.29) is 12.3 Å². The van der Waals surface area contributed by atoms with Crippen molar-refractivity contribution in [3.05, 3.63) is 34.9 Å². The smallest absolute Gasteiger partial charge is 0.328 e. The van der Waals surface area contributed by atoms with Crippen LogP contribution in [0, 0.1) is 5.92 Å². The average Bonchev–Trinajstić information content (AvgIpc) is 2.53. The first-order valence-corrected chi connectivity index (χ1v) is 7.97. The maximum atomic E-state index is 11.8. The monoisotopic (exact) mass is 355 g/mol. The number of hydrogen-bond acceptors (Lipinski definition) is 5. The van der Waals surface area contributed by atoms with E-state index < -0.39 is 30.5 Å². The van der Waals surface area contributed by atoms with Crippen LogP contribution in [0.25, 0.3) is 0 Å². The van der Waals surface area contributed by atoms with Crippen molar-refractivity contribution >= 4 is 29.4 Å². The van der Waals surface area contributed by atoms with Crippen LogP contribution in [0.5, 0.6) is 0 Å². The van der Waals surface area contributed by atoms with Crippen molar-refractivity contribution in [1.82, 2.24) is 5.32 Å². The third-order valence-corrected chi connectivity index (χ3v) is 3.41. The molecule has 1 rings (SSSR count). The Balaban J connectivity index is 2.44. The van der Waals surface area contributed by atoms with Gasteiger partial charge in [0.2, 0.25) is 0 Å². The molecule has 1 amide bonds. The number of ether oxygens (including phenoxy) is 2. The van der Waals surface area contributed by atoms with E-state index in [1.54, 1.807) is 24.3 Å². The van der Waals surface area contributed by atoms with E-state index in [4.69, 9.17) is 16.3 Å². The number of carbonyl (C=O) groups excluding carboxylic acids is 3. The second-order valence-electron chi connectivity index (χ2n) is 5.74. The summed E-state index contributed by atoms with van der Waals surface area (Å²) in [5.41, 5.74) is 0.733. The lowest BCUT2D eigenvalue weighted by Gasteiger charge is -2.18. The molecule has 0 radical (unpaired) electrons. The van der Waals surface area contributed by atoms with Crippen molar-refractivity contribution in [1.29, 1.82) is 0 Å². The topological polar surface area (TPSA) is 81.7 Å². The predicted octanol–water partition coefficient (Wildman–Crippen LogP) is 2.13. The minimum atomic E-state index is -0.752. The number of carbonyl (C=O) groups is 3. The van der Waals surface area contributed by atoms with E-state index in [2.05, 4.69) is 10.1 Å². The highest BCUT2D eigenvalue weighted by Crippen LogP contribution is 2.10. The van der Waals surface area contributed by atoms with E-state index in [0.717, 1.165) is 5.56 Å². The van der Waals surface area contributed by atoms with Gasteiger partial charge >= 0.3 is 11.9 Å². The molecule has 0 saturated carbocycles. The number of amides is 1. The van der Waals surface area contributed by atoms with Crippen LogP contribution in [0.3, 0.4) is 0 Å². The molecule has 0 aliphatic carbocycles. The van der Waals surface area contributed by atoms with Crippen LogP contribution in [0.1, 0.15) is 25.8 Å². The highest BCUT2D eigenvalue weighted by atomic mass is 35.5. The maximum Gasteiger partial charge on any atom is 0.328 e. The largest absolute Gasteiger partial charge is 0.467 e. The minimum absolute atomic E-state index is 0.0386. The lowest BCUT2D eigenvalue weighted by Crippen LogP contribution is -2.44. The molecule has 0 aliphatic heterocycles. The molecule has 0 aliphatic rings. The van der Waals surface area contributed by atoms with Crippen LogP contribution in [0.2, 0.25) is 5.02 Å². The van der Waals surface area contributed by atoms with Crippen LogP contribution in [-0.4, -0.2) is 37.6 Å². The van der Waals surface area contributed by atoms with E-state index in [1.807, 2.05) is 13.8 Å². The highest BCUT2D eigenvalue weighted by molar-refractivity contribution is 6.30. The minimum Gasteiger partial charge on any atom is -0.467 e. The lowest BCUT2D eigenvalue weighted by atomic mass is 10.0. The Morgan fingerprint density at radius 2 is 1.79 bits per heavy atom. The van der Waals surface area contributed by atoms with E-state index in [1.165, 1.54) is 7.11 Å². The SMILES string of the molecule is COC(=O)[C@@H](CC(C)C)NC(=O)COC(=O)Cc1ccc(Cl)cc1. The summed E-state index contributed by atoms with van der Waals surface area (Å²) in [4.78, 5) is 35.2. The van der Waals surface area contributed by atoms with Gasteiger partial charge in [-0.3, -0.25) is 9.59 Å². The van der Waals surface area contributed by atoms with Gasteiger partial charge in [-0.15, -0.1) is 0 Å². The summed E-state index contributed by atoms with van der Waals surface area (Å²) >= 11 is 5.77. The fourth-order valence-corrected chi connectivity index (χ4v) is 2.16. The Bertz CT molecular complexity index is 571. The molecular weight excluding hydrogens is 334 g/mol. The summed E-state index contributed by atoms with van der Waals surface area (Å²) < 4.78 is 9.58. The van der Waals surface area contributed by atoms with Crippen LogP contribution < -0.4 is 5.32 Å². The molecule has 0 aromatic heterocycles. The molecule has 1 N–H and O–H groups in total. The summed E-state index contributed by atoms with van der Waals surface area (Å²) in [7, 11) is 1.26.